The van der Waals surface area contributed by atoms with E-state index in [0.717, 1.165) is 22.0 Å². The SMILES string of the molecule is Cc1cc(C(=O)Nc2nc(C)c(C)s2)n(-c2ccccc2)n1. The zero-order valence-electron chi connectivity index (χ0n) is 12.6. The molecule has 1 amide bonds. The number of nitrogens with one attached hydrogen (secondary N) is 1. The maximum absolute atomic E-state index is 12.5. The van der Waals surface area contributed by atoms with Gasteiger partial charge in [0.2, 0.25) is 0 Å². The third kappa shape index (κ3) is 2.78. The Morgan fingerprint density at radius 2 is 1.91 bits per heavy atom. The number of nitrogens with zero attached hydrogens (tertiary/aromatic N) is 3. The van der Waals surface area contributed by atoms with Crippen LogP contribution in [0.25, 0.3) is 5.69 Å². The molecular weight excluding hydrogens is 296 g/mol. The first-order chi connectivity index (χ1) is 10.5. The molecule has 0 fully saturated rings. The predicted molar refractivity (Wildman–Crippen MR) is 87.8 cm³/mol. The molecule has 1 N–H and O–H groups in total. The molecule has 5 nitrogen and oxygen atoms in total. The first kappa shape index (κ1) is 14.5. The Labute approximate surface area is 132 Å². The van der Waals surface area contributed by atoms with Gasteiger partial charge >= 0.3 is 0 Å². The van der Waals surface area contributed by atoms with E-state index in [4.69, 9.17) is 0 Å². The quantitative estimate of drug-likeness (QED) is 0.805. The molecule has 0 saturated carbocycles. The molecule has 0 bridgehead atoms. The minimum atomic E-state index is -0.210. The van der Waals surface area contributed by atoms with Crippen molar-refractivity contribution >= 4 is 22.4 Å². The van der Waals surface area contributed by atoms with E-state index < -0.39 is 0 Å². The maximum atomic E-state index is 12.5. The van der Waals surface area contributed by atoms with Crippen molar-refractivity contribution in [3.8, 4) is 5.69 Å². The molecule has 112 valence electrons. The number of aryl methyl sites for hydroxylation is 3. The summed E-state index contributed by atoms with van der Waals surface area (Å²) < 4.78 is 1.65. The molecular formula is C16H16N4OS. The highest BCUT2D eigenvalue weighted by Gasteiger charge is 2.17. The van der Waals surface area contributed by atoms with Crippen molar-refractivity contribution in [1.29, 1.82) is 0 Å². The Kier molecular flexibility index (Phi) is 3.77. The number of hydrogen-bond donors (Lipinski definition) is 1. The number of para-hydroxylation sites is 1. The second-order valence-corrected chi connectivity index (χ2v) is 6.24. The van der Waals surface area contributed by atoms with Crippen LogP contribution >= 0.6 is 11.3 Å². The van der Waals surface area contributed by atoms with E-state index in [1.165, 1.54) is 11.3 Å². The summed E-state index contributed by atoms with van der Waals surface area (Å²) in [6.07, 6.45) is 0. The molecule has 22 heavy (non-hydrogen) atoms. The van der Waals surface area contributed by atoms with Crippen molar-refractivity contribution in [1.82, 2.24) is 14.8 Å². The Balaban J connectivity index is 1.93. The van der Waals surface area contributed by atoms with Crippen LogP contribution in [0.2, 0.25) is 0 Å². The van der Waals surface area contributed by atoms with Crippen LogP contribution in [0, 0.1) is 20.8 Å². The summed E-state index contributed by atoms with van der Waals surface area (Å²) in [6.45, 7) is 5.79. The van der Waals surface area contributed by atoms with Gasteiger partial charge in [-0.25, -0.2) is 9.67 Å². The summed E-state index contributed by atoms with van der Waals surface area (Å²) in [4.78, 5) is 18.0. The predicted octanol–water partition coefficient (Wildman–Crippen LogP) is 3.51. The minimum Gasteiger partial charge on any atom is -0.296 e. The number of benzene rings is 1. The molecule has 0 aliphatic rings. The first-order valence-corrected chi connectivity index (χ1v) is 7.73. The number of carbonyl (C=O) groups excluding carboxylic acids is 1. The lowest BCUT2D eigenvalue weighted by atomic mass is 10.3. The number of aromatic nitrogens is 3. The lowest BCUT2D eigenvalue weighted by molar-refractivity contribution is 0.101. The van der Waals surface area contributed by atoms with Gasteiger partial charge in [0.15, 0.2) is 5.13 Å². The Bertz CT molecular complexity index is 801. The lowest BCUT2D eigenvalue weighted by Crippen LogP contribution is -2.16. The average Bonchev–Trinajstić information content (AvgIpc) is 3.03. The highest BCUT2D eigenvalue weighted by atomic mass is 32.1. The fraction of sp³-hybridized carbons (Fsp3) is 0.188. The van der Waals surface area contributed by atoms with Crippen LogP contribution in [0.1, 0.15) is 26.8 Å². The van der Waals surface area contributed by atoms with Crippen LogP contribution in [0.4, 0.5) is 5.13 Å². The van der Waals surface area contributed by atoms with E-state index in [1.54, 1.807) is 10.7 Å². The van der Waals surface area contributed by atoms with Crippen molar-refractivity contribution < 1.29 is 4.79 Å². The van der Waals surface area contributed by atoms with Crippen LogP contribution in [0.5, 0.6) is 0 Å². The van der Waals surface area contributed by atoms with Gasteiger partial charge in [-0.05, 0) is 39.0 Å². The van der Waals surface area contributed by atoms with Crippen molar-refractivity contribution in [2.75, 3.05) is 5.32 Å². The first-order valence-electron chi connectivity index (χ1n) is 6.92. The third-order valence-electron chi connectivity index (χ3n) is 3.31. The van der Waals surface area contributed by atoms with E-state index in [1.807, 2.05) is 51.1 Å². The van der Waals surface area contributed by atoms with E-state index >= 15 is 0 Å². The molecule has 0 radical (unpaired) electrons. The maximum Gasteiger partial charge on any atom is 0.276 e. The fourth-order valence-corrected chi connectivity index (χ4v) is 2.92. The highest BCUT2D eigenvalue weighted by molar-refractivity contribution is 7.15. The molecule has 0 unspecified atom stereocenters. The molecule has 0 saturated heterocycles. The summed E-state index contributed by atoms with van der Waals surface area (Å²) in [5.74, 6) is -0.210. The van der Waals surface area contributed by atoms with Crippen molar-refractivity contribution in [2.45, 2.75) is 20.8 Å². The number of carbonyl (C=O) groups is 1. The summed E-state index contributed by atoms with van der Waals surface area (Å²) in [5.41, 5.74) is 3.08. The summed E-state index contributed by atoms with van der Waals surface area (Å²) in [6, 6.07) is 11.4. The summed E-state index contributed by atoms with van der Waals surface area (Å²) in [5, 5.41) is 7.87. The van der Waals surface area contributed by atoms with Gasteiger partial charge in [0.05, 0.1) is 17.1 Å². The van der Waals surface area contributed by atoms with Crippen LogP contribution in [0.3, 0.4) is 0 Å². The standard InChI is InChI=1S/C16H16N4OS/c1-10-9-14(20(19-10)13-7-5-4-6-8-13)15(21)18-16-17-11(2)12(3)22-16/h4-9H,1-3H3,(H,17,18,21). The molecule has 2 aromatic heterocycles. The number of rotatable bonds is 3. The third-order valence-corrected chi connectivity index (χ3v) is 4.30. The molecule has 0 aliphatic heterocycles. The number of anilines is 1. The molecule has 3 rings (SSSR count). The highest BCUT2D eigenvalue weighted by Crippen LogP contribution is 2.22. The summed E-state index contributed by atoms with van der Waals surface area (Å²) >= 11 is 1.47. The Morgan fingerprint density at radius 3 is 2.55 bits per heavy atom. The minimum absolute atomic E-state index is 0.210. The van der Waals surface area contributed by atoms with Gasteiger partial charge in [-0.2, -0.15) is 5.10 Å². The second-order valence-electron chi connectivity index (χ2n) is 5.03. The number of amides is 1. The number of thiazole rings is 1. The number of hydrogen-bond acceptors (Lipinski definition) is 4. The van der Waals surface area contributed by atoms with Gasteiger partial charge in [-0.15, -0.1) is 11.3 Å². The van der Waals surface area contributed by atoms with E-state index in [9.17, 15) is 4.79 Å². The van der Waals surface area contributed by atoms with Gasteiger partial charge in [0.25, 0.3) is 5.91 Å². The van der Waals surface area contributed by atoms with Gasteiger partial charge in [0.1, 0.15) is 5.69 Å². The van der Waals surface area contributed by atoms with Crippen molar-refractivity contribution in [3.63, 3.8) is 0 Å². The monoisotopic (exact) mass is 312 g/mol. The van der Waals surface area contributed by atoms with Crippen LogP contribution in [0.15, 0.2) is 36.4 Å². The topological polar surface area (TPSA) is 59.8 Å². The molecule has 2 heterocycles. The normalized spacial score (nSPS) is 10.7. The Morgan fingerprint density at radius 1 is 1.18 bits per heavy atom. The van der Waals surface area contributed by atoms with Crippen LogP contribution < -0.4 is 5.32 Å². The largest absolute Gasteiger partial charge is 0.296 e. The molecule has 0 spiro atoms. The molecule has 1 aromatic carbocycles. The lowest BCUT2D eigenvalue weighted by Gasteiger charge is -2.06. The van der Waals surface area contributed by atoms with Gasteiger partial charge in [-0.3, -0.25) is 10.1 Å². The van der Waals surface area contributed by atoms with E-state index in [-0.39, 0.29) is 5.91 Å². The second kappa shape index (κ2) is 5.73. The molecule has 3 aromatic rings. The van der Waals surface area contributed by atoms with Gasteiger partial charge in [-0.1, -0.05) is 18.2 Å². The Hall–Kier alpha value is -2.47. The smallest absolute Gasteiger partial charge is 0.276 e. The zero-order chi connectivity index (χ0) is 15.7. The van der Waals surface area contributed by atoms with E-state index in [0.29, 0.717) is 10.8 Å². The van der Waals surface area contributed by atoms with Crippen molar-refractivity contribution in [2.24, 2.45) is 0 Å². The molecule has 6 heteroatoms. The van der Waals surface area contributed by atoms with Crippen LogP contribution in [-0.4, -0.2) is 20.7 Å². The van der Waals surface area contributed by atoms with Gasteiger partial charge in [0, 0.05) is 4.88 Å². The van der Waals surface area contributed by atoms with E-state index in [2.05, 4.69) is 15.4 Å². The zero-order valence-corrected chi connectivity index (χ0v) is 13.4. The van der Waals surface area contributed by atoms with Crippen LogP contribution in [-0.2, 0) is 0 Å². The molecule has 0 aliphatic carbocycles. The average molecular weight is 312 g/mol. The summed E-state index contributed by atoms with van der Waals surface area (Å²) in [7, 11) is 0. The van der Waals surface area contributed by atoms with Crippen molar-refractivity contribution in [3.05, 3.63) is 58.4 Å². The van der Waals surface area contributed by atoms with Gasteiger partial charge < -0.3 is 0 Å². The fourth-order valence-electron chi connectivity index (χ4n) is 2.11. The molecule has 0 atom stereocenters.